The second kappa shape index (κ2) is 7.45. The lowest BCUT2D eigenvalue weighted by molar-refractivity contribution is -0.145. The first kappa shape index (κ1) is 17.1. The Morgan fingerprint density at radius 1 is 1.08 bits per heavy atom. The first-order valence-corrected chi connectivity index (χ1v) is 8.15. The van der Waals surface area contributed by atoms with E-state index in [-0.39, 0.29) is 6.42 Å². The Labute approximate surface area is 150 Å². The van der Waals surface area contributed by atoms with Gasteiger partial charge in [0.05, 0.1) is 7.11 Å². The van der Waals surface area contributed by atoms with Gasteiger partial charge in [0.1, 0.15) is 11.5 Å². The molecule has 25 heavy (non-hydrogen) atoms. The van der Waals surface area contributed by atoms with Gasteiger partial charge < -0.3 is 14.6 Å². The molecule has 0 saturated carbocycles. The van der Waals surface area contributed by atoms with E-state index in [0.29, 0.717) is 22.1 Å². The van der Waals surface area contributed by atoms with Crippen LogP contribution in [0.3, 0.4) is 0 Å². The molecule has 0 spiro atoms. The van der Waals surface area contributed by atoms with Gasteiger partial charge in [-0.15, -0.1) is 0 Å². The van der Waals surface area contributed by atoms with Crippen molar-refractivity contribution in [1.29, 1.82) is 0 Å². The predicted molar refractivity (Wildman–Crippen MR) is 97.7 cm³/mol. The van der Waals surface area contributed by atoms with Crippen molar-refractivity contribution < 1.29 is 19.4 Å². The molecule has 0 bridgehead atoms. The van der Waals surface area contributed by atoms with Gasteiger partial charge >= 0.3 is 5.97 Å². The van der Waals surface area contributed by atoms with Crippen molar-refractivity contribution in [2.75, 3.05) is 7.11 Å². The Morgan fingerprint density at radius 3 is 2.56 bits per heavy atom. The van der Waals surface area contributed by atoms with E-state index in [1.54, 1.807) is 24.3 Å². The SMILES string of the molecule is COc1ccc(Cl)cc1C[C@H](Oc1ccc2ccccc2c1)C(=O)O. The van der Waals surface area contributed by atoms with Crippen LogP contribution < -0.4 is 9.47 Å². The minimum Gasteiger partial charge on any atom is -0.496 e. The average molecular weight is 357 g/mol. The van der Waals surface area contributed by atoms with E-state index >= 15 is 0 Å². The summed E-state index contributed by atoms with van der Waals surface area (Å²) >= 11 is 6.02. The van der Waals surface area contributed by atoms with Crippen LogP contribution in [0.15, 0.2) is 60.7 Å². The number of aliphatic carboxylic acids is 1. The zero-order chi connectivity index (χ0) is 17.8. The van der Waals surface area contributed by atoms with E-state index in [0.717, 1.165) is 10.8 Å². The van der Waals surface area contributed by atoms with Gasteiger partial charge in [0.25, 0.3) is 0 Å². The third kappa shape index (κ3) is 4.03. The van der Waals surface area contributed by atoms with Crippen molar-refractivity contribution in [2.45, 2.75) is 12.5 Å². The minimum atomic E-state index is -1.05. The molecule has 1 atom stereocenters. The van der Waals surface area contributed by atoms with Gasteiger partial charge in [0.2, 0.25) is 0 Å². The van der Waals surface area contributed by atoms with E-state index in [4.69, 9.17) is 21.1 Å². The fourth-order valence-electron chi connectivity index (χ4n) is 2.69. The second-order valence-electron chi connectivity index (χ2n) is 5.61. The second-order valence-corrected chi connectivity index (χ2v) is 6.05. The molecule has 0 radical (unpaired) electrons. The number of carbonyl (C=O) groups is 1. The number of carboxylic acids is 1. The zero-order valence-electron chi connectivity index (χ0n) is 13.6. The molecule has 0 unspecified atom stereocenters. The smallest absolute Gasteiger partial charge is 0.345 e. The van der Waals surface area contributed by atoms with Crippen LogP contribution in [0.25, 0.3) is 10.8 Å². The summed E-state index contributed by atoms with van der Waals surface area (Å²) in [5.74, 6) is 0.0417. The molecule has 0 saturated heterocycles. The Hall–Kier alpha value is -2.72. The predicted octanol–water partition coefficient (Wildman–Crippen LogP) is 4.58. The molecule has 3 aromatic carbocycles. The molecule has 4 nitrogen and oxygen atoms in total. The minimum absolute atomic E-state index is 0.145. The number of ether oxygens (including phenoxy) is 2. The molecular formula is C20H17ClO4. The van der Waals surface area contributed by atoms with Crippen molar-refractivity contribution in [2.24, 2.45) is 0 Å². The number of hydrogen-bond acceptors (Lipinski definition) is 3. The summed E-state index contributed by atoms with van der Waals surface area (Å²) in [6.07, 6.45) is -0.903. The quantitative estimate of drug-likeness (QED) is 0.702. The summed E-state index contributed by atoms with van der Waals surface area (Å²) in [4.78, 5) is 11.7. The van der Waals surface area contributed by atoms with Crippen molar-refractivity contribution in [1.82, 2.24) is 0 Å². The molecule has 128 valence electrons. The Bertz CT molecular complexity index is 907. The molecule has 0 aliphatic heterocycles. The third-order valence-corrected chi connectivity index (χ3v) is 4.16. The molecule has 5 heteroatoms. The van der Waals surface area contributed by atoms with Crippen molar-refractivity contribution in [3.63, 3.8) is 0 Å². The lowest BCUT2D eigenvalue weighted by Crippen LogP contribution is -2.29. The van der Waals surface area contributed by atoms with Crippen molar-refractivity contribution in [3.8, 4) is 11.5 Å². The average Bonchev–Trinajstić information content (AvgIpc) is 2.61. The van der Waals surface area contributed by atoms with Crippen molar-refractivity contribution >= 4 is 28.3 Å². The van der Waals surface area contributed by atoms with Crippen LogP contribution in [0.4, 0.5) is 0 Å². The lowest BCUT2D eigenvalue weighted by Gasteiger charge is -2.17. The standard InChI is InChI=1S/C20H17ClO4/c1-24-18-9-7-16(21)10-15(18)12-19(20(22)23)25-17-8-6-13-4-2-3-5-14(13)11-17/h2-11,19H,12H2,1H3,(H,22,23)/t19-/m0/s1. The fraction of sp³-hybridized carbons (Fsp3) is 0.150. The van der Waals surface area contributed by atoms with Crippen LogP contribution >= 0.6 is 11.6 Å². The van der Waals surface area contributed by atoms with Gasteiger partial charge in [0.15, 0.2) is 6.10 Å². The number of carboxylic acid groups (broad SMARTS) is 1. The van der Waals surface area contributed by atoms with Crippen molar-refractivity contribution in [3.05, 3.63) is 71.2 Å². The van der Waals surface area contributed by atoms with Crippen LogP contribution in [0, 0.1) is 0 Å². The Morgan fingerprint density at radius 2 is 1.84 bits per heavy atom. The first-order valence-electron chi connectivity index (χ1n) is 7.77. The van der Waals surface area contributed by atoms with E-state index in [1.807, 2.05) is 36.4 Å². The summed E-state index contributed by atoms with van der Waals surface area (Å²) in [6.45, 7) is 0. The molecule has 0 heterocycles. The van der Waals surface area contributed by atoms with Gasteiger partial charge in [-0.1, -0.05) is 41.9 Å². The first-order chi connectivity index (χ1) is 12.1. The summed E-state index contributed by atoms with van der Waals surface area (Å²) in [5.41, 5.74) is 0.684. The maximum Gasteiger partial charge on any atom is 0.345 e. The topological polar surface area (TPSA) is 55.8 Å². The normalized spacial score (nSPS) is 11.9. The van der Waals surface area contributed by atoms with Gasteiger partial charge in [-0.05, 0) is 46.7 Å². The highest BCUT2D eigenvalue weighted by molar-refractivity contribution is 6.30. The molecule has 0 aromatic heterocycles. The highest BCUT2D eigenvalue weighted by atomic mass is 35.5. The van der Waals surface area contributed by atoms with Crippen LogP contribution in [-0.4, -0.2) is 24.3 Å². The Kier molecular flexibility index (Phi) is 5.10. The number of halogens is 1. The molecule has 0 amide bonds. The van der Waals surface area contributed by atoms with E-state index in [2.05, 4.69) is 0 Å². The van der Waals surface area contributed by atoms with Crippen LogP contribution in [0.1, 0.15) is 5.56 Å². The lowest BCUT2D eigenvalue weighted by atomic mass is 10.1. The zero-order valence-corrected chi connectivity index (χ0v) is 14.4. The van der Waals surface area contributed by atoms with Crippen LogP contribution in [0.5, 0.6) is 11.5 Å². The maximum absolute atomic E-state index is 11.7. The molecule has 0 aliphatic carbocycles. The highest BCUT2D eigenvalue weighted by Gasteiger charge is 2.22. The molecular weight excluding hydrogens is 340 g/mol. The third-order valence-electron chi connectivity index (χ3n) is 3.92. The molecule has 3 rings (SSSR count). The van der Waals surface area contributed by atoms with E-state index in [9.17, 15) is 9.90 Å². The van der Waals surface area contributed by atoms with Crippen LogP contribution in [-0.2, 0) is 11.2 Å². The fourth-order valence-corrected chi connectivity index (χ4v) is 2.89. The molecule has 0 aliphatic rings. The van der Waals surface area contributed by atoms with Gasteiger partial charge in [-0.2, -0.15) is 0 Å². The number of fused-ring (bicyclic) bond motifs is 1. The number of rotatable bonds is 6. The molecule has 0 fully saturated rings. The summed E-state index contributed by atoms with van der Waals surface area (Å²) < 4.78 is 11.0. The highest BCUT2D eigenvalue weighted by Crippen LogP contribution is 2.26. The van der Waals surface area contributed by atoms with Crippen LogP contribution in [0.2, 0.25) is 5.02 Å². The van der Waals surface area contributed by atoms with Gasteiger partial charge in [-0.3, -0.25) is 0 Å². The largest absolute Gasteiger partial charge is 0.496 e. The van der Waals surface area contributed by atoms with E-state index in [1.165, 1.54) is 7.11 Å². The van der Waals surface area contributed by atoms with Gasteiger partial charge in [0, 0.05) is 11.4 Å². The summed E-state index contributed by atoms with van der Waals surface area (Å²) in [6, 6.07) is 18.4. The Balaban J connectivity index is 1.86. The molecule has 1 N–H and O–H groups in total. The monoisotopic (exact) mass is 356 g/mol. The number of methoxy groups -OCH3 is 1. The number of benzene rings is 3. The summed E-state index contributed by atoms with van der Waals surface area (Å²) in [7, 11) is 1.53. The summed E-state index contributed by atoms with van der Waals surface area (Å²) in [5, 5.41) is 12.1. The number of hydrogen-bond donors (Lipinski definition) is 1. The maximum atomic E-state index is 11.7. The van der Waals surface area contributed by atoms with E-state index < -0.39 is 12.1 Å². The van der Waals surface area contributed by atoms with Gasteiger partial charge in [-0.25, -0.2) is 4.79 Å². The molecule has 3 aromatic rings.